The van der Waals surface area contributed by atoms with E-state index < -0.39 is 0 Å². The first-order valence-electron chi connectivity index (χ1n) is 6.29. The Morgan fingerprint density at radius 3 is 2.74 bits per heavy atom. The van der Waals surface area contributed by atoms with E-state index in [0.29, 0.717) is 24.5 Å². The molecule has 2 rings (SSSR count). The van der Waals surface area contributed by atoms with Crippen LogP contribution in [0.15, 0.2) is 9.80 Å². The van der Waals surface area contributed by atoms with Crippen LogP contribution in [0.5, 0.6) is 0 Å². The number of nitrogens with zero attached hydrogens (tertiary/aromatic N) is 3. The van der Waals surface area contributed by atoms with Crippen molar-refractivity contribution in [1.29, 1.82) is 0 Å². The molecule has 0 aliphatic rings. The zero-order valence-electron chi connectivity index (χ0n) is 11.6. The highest BCUT2D eigenvalue weighted by Gasteiger charge is 2.13. The standard InChI is InChI=1S/C12H19N5OS/c1-7(2)13-5-10-16-17-12(18-10)15-9(4)11-14-8(3)6-19-11/h6-7,9,13H,5H2,1-4H3,(H,15,17). The highest BCUT2D eigenvalue weighted by atomic mass is 32.1. The van der Waals surface area contributed by atoms with Gasteiger partial charge in [0.15, 0.2) is 0 Å². The van der Waals surface area contributed by atoms with Gasteiger partial charge in [-0.1, -0.05) is 18.9 Å². The summed E-state index contributed by atoms with van der Waals surface area (Å²) in [6.07, 6.45) is 0. The molecule has 0 amide bonds. The summed E-state index contributed by atoms with van der Waals surface area (Å²) in [4.78, 5) is 4.43. The minimum Gasteiger partial charge on any atom is -0.407 e. The lowest BCUT2D eigenvalue weighted by atomic mass is 10.3. The lowest BCUT2D eigenvalue weighted by Crippen LogP contribution is -2.21. The second-order valence-electron chi connectivity index (χ2n) is 4.73. The number of hydrogen-bond donors (Lipinski definition) is 2. The van der Waals surface area contributed by atoms with Crippen molar-refractivity contribution in [2.45, 2.75) is 46.3 Å². The number of hydrogen-bond acceptors (Lipinski definition) is 7. The average Bonchev–Trinajstić information content (AvgIpc) is 2.95. The normalized spacial score (nSPS) is 12.9. The topological polar surface area (TPSA) is 75.9 Å². The molecule has 0 saturated heterocycles. The maximum atomic E-state index is 5.51. The van der Waals surface area contributed by atoms with Crippen molar-refractivity contribution >= 4 is 17.4 Å². The molecule has 0 aliphatic heterocycles. The summed E-state index contributed by atoms with van der Waals surface area (Å²) in [5.41, 5.74) is 1.03. The van der Waals surface area contributed by atoms with Gasteiger partial charge in [-0.3, -0.25) is 0 Å². The summed E-state index contributed by atoms with van der Waals surface area (Å²) in [7, 11) is 0. The zero-order chi connectivity index (χ0) is 13.8. The van der Waals surface area contributed by atoms with Crippen molar-refractivity contribution < 1.29 is 4.42 Å². The van der Waals surface area contributed by atoms with E-state index in [-0.39, 0.29) is 6.04 Å². The highest BCUT2D eigenvalue weighted by Crippen LogP contribution is 2.21. The van der Waals surface area contributed by atoms with Gasteiger partial charge in [-0.15, -0.1) is 16.4 Å². The molecule has 0 radical (unpaired) electrons. The largest absolute Gasteiger partial charge is 0.407 e. The van der Waals surface area contributed by atoms with Gasteiger partial charge < -0.3 is 15.1 Å². The van der Waals surface area contributed by atoms with Crippen LogP contribution in [0.3, 0.4) is 0 Å². The van der Waals surface area contributed by atoms with Crippen molar-refractivity contribution in [1.82, 2.24) is 20.5 Å². The molecular formula is C12H19N5OS. The third-order valence-corrected chi connectivity index (χ3v) is 3.62. The fourth-order valence-electron chi connectivity index (χ4n) is 1.49. The molecule has 2 N–H and O–H groups in total. The van der Waals surface area contributed by atoms with Crippen LogP contribution in [0.25, 0.3) is 0 Å². The predicted octanol–water partition coefficient (Wildman–Crippen LogP) is 2.51. The molecule has 104 valence electrons. The van der Waals surface area contributed by atoms with Crippen molar-refractivity contribution in [2.75, 3.05) is 5.32 Å². The third kappa shape index (κ3) is 4.00. The number of anilines is 1. The van der Waals surface area contributed by atoms with Gasteiger partial charge >= 0.3 is 6.01 Å². The van der Waals surface area contributed by atoms with Gasteiger partial charge in [-0.25, -0.2) is 4.98 Å². The molecule has 1 unspecified atom stereocenters. The highest BCUT2D eigenvalue weighted by molar-refractivity contribution is 7.09. The van der Waals surface area contributed by atoms with Gasteiger partial charge in [-0.2, -0.15) is 0 Å². The van der Waals surface area contributed by atoms with E-state index in [1.54, 1.807) is 11.3 Å². The SMILES string of the molecule is Cc1csc(C(C)Nc2nnc(CNC(C)C)o2)n1. The first-order valence-corrected chi connectivity index (χ1v) is 7.17. The molecule has 0 bridgehead atoms. The van der Waals surface area contributed by atoms with Crippen LogP contribution in [-0.4, -0.2) is 21.2 Å². The Hall–Kier alpha value is -1.47. The van der Waals surface area contributed by atoms with E-state index in [4.69, 9.17) is 4.42 Å². The fourth-order valence-corrected chi connectivity index (χ4v) is 2.30. The smallest absolute Gasteiger partial charge is 0.316 e. The van der Waals surface area contributed by atoms with Gasteiger partial charge in [0.25, 0.3) is 0 Å². The van der Waals surface area contributed by atoms with E-state index in [2.05, 4.69) is 39.7 Å². The quantitative estimate of drug-likeness (QED) is 0.847. The zero-order valence-corrected chi connectivity index (χ0v) is 12.4. The number of nitrogens with one attached hydrogen (secondary N) is 2. The molecule has 2 aromatic heterocycles. The van der Waals surface area contributed by atoms with Crippen LogP contribution in [0.1, 0.15) is 43.4 Å². The molecule has 0 fully saturated rings. The van der Waals surface area contributed by atoms with Crippen molar-refractivity contribution in [2.24, 2.45) is 0 Å². The van der Waals surface area contributed by atoms with Crippen LogP contribution >= 0.6 is 11.3 Å². The second kappa shape index (κ2) is 6.12. The van der Waals surface area contributed by atoms with Crippen LogP contribution < -0.4 is 10.6 Å². The first kappa shape index (κ1) is 14.0. The minimum atomic E-state index is 0.0602. The van der Waals surface area contributed by atoms with Crippen LogP contribution in [0.2, 0.25) is 0 Å². The molecule has 19 heavy (non-hydrogen) atoms. The Kier molecular flexibility index (Phi) is 4.49. The van der Waals surface area contributed by atoms with Gasteiger partial charge in [-0.05, 0) is 13.8 Å². The molecule has 0 spiro atoms. The van der Waals surface area contributed by atoms with Crippen LogP contribution in [-0.2, 0) is 6.54 Å². The average molecular weight is 281 g/mol. The molecule has 0 saturated carbocycles. The summed E-state index contributed by atoms with van der Waals surface area (Å²) in [6.45, 7) is 8.73. The Balaban J connectivity index is 1.92. The number of aryl methyl sites for hydroxylation is 1. The van der Waals surface area contributed by atoms with Crippen LogP contribution in [0, 0.1) is 6.92 Å². The van der Waals surface area contributed by atoms with Gasteiger partial charge in [0.2, 0.25) is 5.89 Å². The summed E-state index contributed by atoms with van der Waals surface area (Å²) < 4.78 is 5.51. The Morgan fingerprint density at radius 1 is 1.32 bits per heavy atom. The molecule has 6 nitrogen and oxygen atoms in total. The summed E-state index contributed by atoms with van der Waals surface area (Å²) in [6, 6.07) is 0.881. The maximum absolute atomic E-state index is 5.51. The van der Waals surface area contributed by atoms with Crippen molar-refractivity contribution in [3.63, 3.8) is 0 Å². The lowest BCUT2D eigenvalue weighted by Gasteiger charge is -2.07. The second-order valence-corrected chi connectivity index (χ2v) is 5.62. The van der Waals surface area contributed by atoms with Gasteiger partial charge in [0.1, 0.15) is 5.01 Å². The lowest BCUT2D eigenvalue weighted by molar-refractivity contribution is 0.456. The Bertz CT molecular complexity index is 522. The number of rotatable bonds is 6. The molecule has 1 atom stereocenters. The van der Waals surface area contributed by atoms with Crippen LogP contribution in [0.4, 0.5) is 6.01 Å². The molecule has 0 aromatic carbocycles. The molecule has 7 heteroatoms. The number of aromatic nitrogens is 3. The minimum absolute atomic E-state index is 0.0602. The Labute approximate surface area is 116 Å². The van der Waals surface area contributed by atoms with Gasteiger partial charge in [0, 0.05) is 17.1 Å². The third-order valence-electron chi connectivity index (χ3n) is 2.48. The fraction of sp³-hybridized carbons (Fsp3) is 0.583. The monoisotopic (exact) mass is 281 g/mol. The molecule has 2 heterocycles. The van der Waals surface area contributed by atoms with E-state index >= 15 is 0 Å². The van der Waals surface area contributed by atoms with E-state index in [1.807, 2.05) is 19.2 Å². The van der Waals surface area contributed by atoms with Gasteiger partial charge in [0.05, 0.1) is 12.6 Å². The summed E-state index contributed by atoms with van der Waals surface area (Å²) >= 11 is 1.62. The Morgan fingerprint density at radius 2 is 2.11 bits per heavy atom. The summed E-state index contributed by atoms with van der Waals surface area (Å²) in [5.74, 6) is 0.582. The van der Waals surface area contributed by atoms with Crippen molar-refractivity contribution in [3.05, 3.63) is 22.0 Å². The first-order chi connectivity index (χ1) is 9.04. The number of thiazole rings is 1. The molecular weight excluding hydrogens is 262 g/mol. The van der Waals surface area contributed by atoms with Crippen molar-refractivity contribution in [3.8, 4) is 0 Å². The maximum Gasteiger partial charge on any atom is 0.316 e. The molecule has 2 aromatic rings. The van der Waals surface area contributed by atoms with E-state index in [1.165, 1.54) is 0 Å². The summed E-state index contributed by atoms with van der Waals surface area (Å²) in [5, 5.41) is 17.4. The predicted molar refractivity (Wildman–Crippen MR) is 75.2 cm³/mol. The molecule has 0 aliphatic carbocycles. The van der Waals surface area contributed by atoms with E-state index in [0.717, 1.165) is 10.7 Å². The van der Waals surface area contributed by atoms with E-state index in [9.17, 15) is 0 Å².